The monoisotopic (exact) mass is 797 g/mol. The lowest BCUT2D eigenvalue weighted by Crippen LogP contribution is -2.65. The average Bonchev–Trinajstić information content (AvgIpc) is 3.57. The summed E-state index contributed by atoms with van der Waals surface area (Å²) in [7, 11) is 0. The highest BCUT2D eigenvalue weighted by atomic mass is 15.0. The van der Waals surface area contributed by atoms with Crippen molar-refractivity contribution in [3.8, 4) is 79.2 Å². The highest BCUT2D eigenvalue weighted by Gasteiger charge is 2.67. The molecule has 0 bridgehead atoms. The van der Waals surface area contributed by atoms with E-state index in [0.717, 1.165) is 91.0 Å². The lowest BCUT2D eigenvalue weighted by Gasteiger charge is -2.73. The van der Waals surface area contributed by atoms with Gasteiger partial charge in [0.25, 0.3) is 0 Å². The van der Waals surface area contributed by atoms with Gasteiger partial charge >= 0.3 is 0 Å². The molecule has 0 spiro atoms. The molecule has 13 rings (SSSR count). The molecule has 4 aliphatic rings. The molecule has 7 aromatic carbocycles. The first-order chi connectivity index (χ1) is 30.4. The van der Waals surface area contributed by atoms with Crippen molar-refractivity contribution in [1.29, 1.82) is 0 Å². The Hall–Kier alpha value is -7.11. The van der Waals surface area contributed by atoms with Crippen molar-refractivity contribution in [2.45, 2.75) is 38.0 Å². The molecule has 0 radical (unpaired) electrons. The molecule has 2 heterocycles. The summed E-state index contributed by atoms with van der Waals surface area (Å²) in [6.07, 6.45) is 2.87. The van der Waals surface area contributed by atoms with Crippen LogP contribution in [0.15, 0.2) is 170 Å². The second-order valence-electron chi connectivity index (χ2n) is 18.5. The van der Waals surface area contributed by atoms with Gasteiger partial charge in [-0.15, -0.1) is 0 Å². The van der Waals surface area contributed by atoms with Crippen molar-refractivity contribution >= 4 is 10.8 Å². The van der Waals surface area contributed by atoms with E-state index < -0.39 is 0 Å². The van der Waals surface area contributed by atoms with Gasteiger partial charge in [-0.1, -0.05) is 166 Å². The van der Waals surface area contributed by atoms with E-state index >= 15 is 0 Å². The Balaban J connectivity index is 0.881. The van der Waals surface area contributed by atoms with Crippen LogP contribution < -0.4 is 0 Å². The topological polar surface area (TPSA) is 64.5 Å². The molecule has 2 aromatic heterocycles. The highest BCUT2D eigenvalue weighted by Crippen LogP contribution is 2.75. The number of nitrogens with zero attached hydrogens (tertiary/aromatic N) is 5. The third-order valence-electron chi connectivity index (χ3n) is 14.8. The fourth-order valence-corrected chi connectivity index (χ4v) is 11.7. The van der Waals surface area contributed by atoms with Gasteiger partial charge in [0.2, 0.25) is 0 Å². The Kier molecular flexibility index (Phi) is 7.73. The summed E-state index contributed by atoms with van der Waals surface area (Å²) in [6, 6.07) is 60.3. The van der Waals surface area contributed by atoms with Crippen LogP contribution in [-0.2, 0) is 5.41 Å². The predicted molar refractivity (Wildman–Crippen MR) is 249 cm³/mol. The van der Waals surface area contributed by atoms with Gasteiger partial charge in [0.15, 0.2) is 23.3 Å². The Morgan fingerprint density at radius 1 is 0.419 bits per heavy atom. The first-order valence-corrected chi connectivity index (χ1v) is 22.1. The SMILES string of the molecule is CC1(C)c2ccccc2-c2cccc(-c3nc(-c4ccccc4)nc(-c4ccc5cc(-c6cc(-c7ccccc7)nc(-c7ccc(C8C9CC%10CC8C%109)cc7)n6)ccc5c4)n3)c21. The van der Waals surface area contributed by atoms with Crippen molar-refractivity contribution in [2.24, 2.45) is 23.7 Å². The number of aromatic nitrogens is 5. The number of benzene rings is 7. The molecule has 3 saturated carbocycles. The van der Waals surface area contributed by atoms with Gasteiger partial charge in [-0.2, -0.15) is 0 Å². The van der Waals surface area contributed by atoms with Gasteiger partial charge in [-0.3, -0.25) is 0 Å². The van der Waals surface area contributed by atoms with Crippen LogP contribution in [0.3, 0.4) is 0 Å². The summed E-state index contributed by atoms with van der Waals surface area (Å²) in [4.78, 5) is 25.9. The Bertz CT molecular complexity index is 3230. The predicted octanol–water partition coefficient (Wildman–Crippen LogP) is 13.5. The molecule has 0 saturated heterocycles. The third-order valence-corrected chi connectivity index (χ3v) is 14.8. The van der Waals surface area contributed by atoms with Gasteiger partial charge in [0, 0.05) is 38.8 Å². The third kappa shape index (κ3) is 5.43. The summed E-state index contributed by atoms with van der Waals surface area (Å²) in [5, 5.41) is 2.21. The maximum Gasteiger partial charge on any atom is 0.164 e. The number of rotatable bonds is 7. The van der Waals surface area contributed by atoms with Crippen molar-refractivity contribution in [3.63, 3.8) is 0 Å². The van der Waals surface area contributed by atoms with Crippen LogP contribution in [0.2, 0.25) is 0 Å². The highest BCUT2D eigenvalue weighted by molar-refractivity contribution is 5.91. The largest absolute Gasteiger partial charge is 0.228 e. The van der Waals surface area contributed by atoms with E-state index in [1.165, 1.54) is 40.7 Å². The number of fused-ring (bicyclic) bond motifs is 4. The van der Waals surface area contributed by atoms with E-state index in [1.807, 2.05) is 24.3 Å². The smallest absolute Gasteiger partial charge is 0.164 e. The van der Waals surface area contributed by atoms with Crippen molar-refractivity contribution in [3.05, 3.63) is 187 Å². The zero-order valence-electron chi connectivity index (χ0n) is 34.7. The van der Waals surface area contributed by atoms with E-state index in [-0.39, 0.29) is 5.41 Å². The van der Waals surface area contributed by atoms with Crippen LogP contribution in [0.1, 0.15) is 49.3 Å². The molecule has 5 nitrogen and oxygen atoms in total. The van der Waals surface area contributed by atoms with Gasteiger partial charge in [0.05, 0.1) is 11.4 Å². The lowest BCUT2D eigenvalue weighted by atomic mass is 9.31. The summed E-state index contributed by atoms with van der Waals surface area (Å²) < 4.78 is 0. The minimum atomic E-state index is -0.213. The maximum atomic E-state index is 5.25. The molecule has 0 N–H and O–H groups in total. The van der Waals surface area contributed by atoms with E-state index in [2.05, 4.69) is 159 Å². The number of hydrogen-bond donors (Lipinski definition) is 0. The van der Waals surface area contributed by atoms with Crippen molar-refractivity contribution < 1.29 is 0 Å². The molecule has 296 valence electrons. The summed E-state index contributed by atoms with van der Waals surface area (Å²) in [6.45, 7) is 4.61. The fourth-order valence-electron chi connectivity index (χ4n) is 11.7. The van der Waals surface area contributed by atoms with Gasteiger partial charge < -0.3 is 0 Å². The van der Waals surface area contributed by atoms with Crippen molar-refractivity contribution in [1.82, 2.24) is 24.9 Å². The molecular formula is C57H43N5. The van der Waals surface area contributed by atoms with Crippen molar-refractivity contribution in [2.75, 3.05) is 0 Å². The Labute approximate surface area is 361 Å². The second-order valence-corrected chi connectivity index (χ2v) is 18.5. The van der Waals surface area contributed by atoms with E-state index in [0.29, 0.717) is 17.5 Å². The molecule has 0 amide bonds. The summed E-state index contributed by atoms with van der Waals surface area (Å²) in [5.41, 5.74) is 14.3. The summed E-state index contributed by atoms with van der Waals surface area (Å²) in [5.74, 6) is 7.37. The zero-order valence-corrected chi connectivity index (χ0v) is 34.7. The molecule has 0 aliphatic heterocycles. The molecule has 2 unspecified atom stereocenters. The Morgan fingerprint density at radius 2 is 0.952 bits per heavy atom. The summed E-state index contributed by atoms with van der Waals surface area (Å²) >= 11 is 0. The molecule has 4 aliphatic carbocycles. The van der Waals surface area contributed by atoms with Crippen LogP contribution in [0.5, 0.6) is 0 Å². The molecule has 2 atom stereocenters. The van der Waals surface area contributed by atoms with Gasteiger partial charge in [-0.05, 0) is 99.2 Å². The standard InChI is InChI=1S/C57H43N5/c1-57(2)47-19-10-9-16-42(47)43-17-11-18-44(52(43)57)56-61-54(35-14-7-4-8-15-35)60-55(62-56)40-27-25-37-28-39(26-24-38(37)29-40)49-32-48(33-12-5-3-6-13-33)58-53(59-49)36-22-20-34(21-23-36)50-45-30-41-31-46(50)51(41)45/h3-29,32,41,45-46,50-51H,30-31H2,1-2H3. The first-order valence-electron chi connectivity index (χ1n) is 22.1. The van der Waals surface area contributed by atoms with Crippen LogP contribution in [0.4, 0.5) is 0 Å². The van der Waals surface area contributed by atoms with E-state index in [9.17, 15) is 0 Å². The molecule has 62 heavy (non-hydrogen) atoms. The van der Waals surface area contributed by atoms with Crippen LogP contribution in [0.25, 0.3) is 90.0 Å². The van der Waals surface area contributed by atoms with Crippen LogP contribution in [0, 0.1) is 23.7 Å². The van der Waals surface area contributed by atoms with Crippen LogP contribution in [-0.4, -0.2) is 24.9 Å². The molecule has 5 heteroatoms. The quantitative estimate of drug-likeness (QED) is 0.161. The normalized spacial score (nSPS) is 20.9. The molecular weight excluding hydrogens is 755 g/mol. The minimum Gasteiger partial charge on any atom is -0.228 e. The zero-order chi connectivity index (χ0) is 41.1. The minimum absolute atomic E-state index is 0.213. The van der Waals surface area contributed by atoms with E-state index in [1.54, 1.807) is 0 Å². The second kappa shape index (κ2) is 13.4. The van der Waals surface area contributed by atoms with Gasteiger partial charge in [-0.25, -0.2) is 24.9 Å². The lowest BCUT2D eigenvalue weighted by molar-refractivity contribution is -0.214. The molecule has 9 aromatic rings. The van der Waals surface area contributed by atoms with Crippen LogP contribution >= 0.6 is 0 Å². The average molecular weight is 798 g/mol. The van der Waals surface area contributed by atoms with Gasteiger partial charge in [0.1, 0.15) is 0 Å². The number of hydrogen-bond acceptors (Lipinski definition) is 5. The molecule has 3 fully saturated rings. The Morgan fingerprint density at radius 3 is 1.66 bits per heavy atom. The fraction of sp³-hybridized carbons (Fsp3) is 0.175. The maximum absolute atomic E-state index is 5.25. The van der Waals surface area contributed by atoms with E-state index in [4.69, 9.17) is 24.9 Å². The first kappa shape index (κ1) is 35.6.